The molecular formula is C21H22N4O2. The van der Waals surface area contributed by atoms with E-state index < -0.39 is 0 Å². The number of rotatable bonds is 4. The minimum Gasteiger partial charge on any atom is -0.497 e. The number of anilines is 2. The first-order valence-electron chi connectivity index (χ1n) is 9.17. The van der Waals surface area contributed by atoms with E-state index in [0.29, 0.717) is 13.1 Å². The summed E-state index contributed by atoms with van der Waals surface area (Å²) in [6, 6.07) is 16.2. The fourth-order valence-corrected chi connectivity index (χ4v) is 4.14. The number of methoxy groups -OCH3 is 1. The van der Waals surface area contributed by atoms with Crippen LogP contribution in [-0.2, 0) is 0 Å². The van der Waals surface area contributed by atoms with Crippen LogP contribution in [0.25, 0.3) is 0 Å². The highest BCUT2D eigenvalue weighted by Crippen LogP contribution is 2.49. The number of urea groups is 1. The highest BCUT2D eigenvalue weighted by Gasteiger charge is 2.39. The first kappa shape index (κ1) is 17.2. The lowest BCUT2D eigenvalue weighted by Crippen LogP contribution is -2.29. The minimum atomic E-state index is -0.270. The van der Waals surface area contributed by atoms with Gasteiger partial charge in [-0.25, -0.2) is 4.79 Å². The Kier molecular flexibility index (Phi) is 4.36. The summed E-state index contributed by atoms with van der Waals surface area (Å²) >= 11 is 0. The second kappa shape index (κ2) is 6.84. The van der Waals surface area contributed by atoms with E-state index in [1.165, 1.54) is 0 Å². The molecule has 4 rings (SSSR count). The summed E-state index contributed by atoms with van der Waals surface area (Å²) in [4.78, 5) is 16.0. The summed E-state index contributed by atoms with van der Waals surface area (Å²) in [5.41, 5.74) is 3.96. The Morgan fingerprint density at radius 1 is 1.30 bits per heavy atom. The number of hydrogen-bond donors (Lipinski definition) is 1. The van der Waals surface area contributed by atoms with Crippen molar-refractivity contribution >= 4 is 17.4 Å². The van der Waals surface area contributed by atoms with Gasteiger partial charge in [-0.1, -0.05) is 18.2 Å². The van der Waals surface area contributed by atoms with Crippen molar-refractivity contribution in [2.45, 2.75) is 18.9 Å². The summed E-state index contributed by atoms with van der Waals surface area (Å²) in [5, 5.41) is 12.8. The first-order chi connectivity index (χ1) is 13.2. The molecule has 2 aliphatic rings. The van der Waals surface area contributed by atoms with Crippen molar-refractivity contribution in [2.75, 3.05) is 36.5 Å². The van der Waals surface area contributed by atoms with Gasteiger partial charge in [0.1, 0.15) is 5.75 Å². The van der Waals surface area contributed by atoms with Crippen molar-refractivity contribution in [3.63, 3.8) is 0 Å². The van der Waals surface area contributed by atoms with Crippen LogP contribution in [0.1, 0.15) is 30.0 Å². The number of fused-ring (bicyclic) bond motifs is 1. The van der Waals surface area contributed by atoms with Crippen LogP contribution in [0, 0.1) is 11.3 Å². The lowest BCUT2D eigenvalue weighted by Gasteiger charge is -2.28. The molecule has 6 nitrogen and oxygen atoms in total. The van der Waals surface area contributed by atoms with Crippen LogP contribution in [0.2, 0.25) is 0 Å². The predicted molar refractivity (Wildman–Crippen MR) is 104 cm³/mol. The molecule has 0 aromatic heterocycles. The maximum Gasteiger partial charge on any atom is 0.321 e. The normalized spacial score (nSPS) is 21.0. The molecule has 2 amide bonds. The van der Waals surface area contributed by atoms with Crippen molar-refractivity contribution in [1.29, 1.82) is 5.26 Å². The molecule has 0 aliphatic carbocycles. The maximum atomic E-state index is 12.0. The lowest BCUT2D eigenvalue weighted by molar-refractivity contribution is 0.252. The number of amides is 2. The Hall–Kier alpha value is -3.20. The number of carbonyl (C=O) groups excluding carboxylic acids is 1. The Balaban J connectivity index is 1.77. The quantitative estimate of drug-likeness (QED) is 0.905. The fraction of sp³-hybridized carbons (Fsp3) is 0.333. The topological polar surface area (TPSA) is 68.6 Å². The number of nitrogens with zero attached hydrogens (tertiary/aromatic N) is 3. The third-order valence-corrected chi connectivity index (χ3v) is 5.39. The molecular weight excluding hydrogens is 340 g/mol. The van der Waals surface area contributed by atoms with Crippen LogP contribution in [0.5, 0.6) is 5.75 Å². The number of nitrogens with one attached hydrogen (secondary N) is 1. The Morgan fingerprint density at radius 2 is 2.15 bits per heavy atom. The van der Waals surface area contributed by atoms with Crippen LogP contribution in [0.15, 0.2) is 42.5 Å². The van der Waals surface area contributed by atoms with Crippen molar-refractivity contribution < 1.29 is 9.53 Å². The third kappa shape index (κ3) is 2.76. The second-order valence-corrected chi connectivity index (χ2v) is 6.74. The van der Waals surface area contributed by atoms with E-state index in [-0.39, 0.29) is 18.0 Å². The van der Waals surface area contributed by atoms with Gasteiger partial charge in [-0.3, -0.25) is 4.90 Å². The van der Waals surface area contributed by atoms with E-state index in [9.17, 15) is 10.1 Å². The van der Waals surface area contributed by atoms with E-state index >= 15 is 0 Å². The molecule has 2 aromatic rings. The Bertz CT molecular complexity index is 921. The SMILES string of the molecule is CCN1c2cc(OC)ccc2C(C#N)C1c1cccc(N2CCNC2=O)c1. The Labute approximate surface area is 158 Å². The number of benzene rings is 2. The monoisotopic (exact) mass is 362 g/mol. The predicted octanol–water partition coefficient (Wildman–Crippen LogP) is 3.41. The number of ether oxygens (including phenoxy) is 1. The van der Waals surface area contributed by atoms with E-state index in [1.54, 1.807) is 12.0 Å². The molecule has 0 saturated carbocycles. The summed E-state index contributed by atoms with van der Waals surface area (Å²) in [6.07, 6.45) is 0. The number of carbonyl (C=O) groups is 1. The fourth-order valence-electron chi connectivity index (χ4n) is 4.14. The zero-order valence-corrected chi connectivity index (χ0v) is 15.5. The lowest BCUT2D eigenvalue weighted by atomic mass is 9.91. The smallest absolute Gasteiger partial charge is 0.321 e. The second-order valence-electron chi connectivity index (χ2n) is 6.74. The molecule has 6 heteroatoms. The van der Waals surface area contributed by atoms with Crippen LogP contribution < -0.4 is 19.9 Å². The van der Waals surface area contributed by atoms with Gasteiger partial charge in [0.25, 0.3) is 0 Å². The van der Waals surface area contributed by atoms with Gasteiger partial charge in [-0.2, -0.15) is 5.26 Å². The number of nitriles is 1. The van der Waals surface area contributed by atoms with Crippen LogP contribution in [-0.4, -0.2) is 32.8 Å². The highest BCUT2D eigenvalue weighted by atomic mass is 16.5. The van der Waals surface area contributed by atoms with Gasteiger partial charge in [0.15, 0.2) is 0 Å². The molecule has 2 atom stereocenters. The molecule has 27 heavy (non-hydrogen) atoms. The van der Waals surface area contributed by atoms with E-state index in [4.69, 9.17) is 4.74 Å². The number of likely N-dealkylation sites (N-methyl/N-ethyl adjacent to an activating group) is 1. The molecule has 2 unspecified atom stereocenters. The average Bonchev–Trinajstić information content (AvgIpc) is 3.27. The van der Waals surface area contributed by atoms with Crippen LogP contribution in [0.3, 0.4) is 0 Å². The molecule has 0 radical (unpaired) electrons. The van der Waals surface area contributed by atoms with Gasteiger partial charge in [0, 0.05) is 37.1 Å². The van der Waals surface area contributed by atoms with Crippen molar-refractivity contribution in [3.8, 4) is 11.8 Å². The molecule has 2 heterocycles. The molecule has 138 valence electrons. The third-order valence-electron chi connectivity index (χ3n) is 5.39. The van der Waals surface area contributed by atoms with Crippen molar-refractivity contribution in [3.05, 3.63) is 53.6 Å². The maximum absolute atomic E-state index is 12.0. The minimum absolute atomic E-state index is 0.0734. The summed E-state index contributed by atoms with van der Waals surface area (Å²) in [7, 11) is 1.65. The Morgan fingerprint density at radius 3 is 2.81 bits per heavy atom. The zero-order chi connectivity index (χ0) is 19.0. The van der Waals surface area contributed by atoms with Gasteiger partial charge >= 0.3 is 6.03 Å². The average molecular weight is 362 g/mol. The van der Waals surface area contributed by atoms with Crippen LogP contribution in [0.4, 0.5) is 16.2 Å². The summed E-state index contributed by atoms with van der Waals surface area (Å²) in [5.74, 6) is 0.514. The van der Waals surface area contributed by atoms with Gasteiger partial charge in [0.2, 0.25) is 0 Å². The molecule has 1 fully saturated rings. The van der Waals surface area contributed by atoms with Gasteiger partial charge in [-0.05, 0) is 36.2 Å². The molecule has 1 N–H and O–H groups in total. The van der Waals surface area contributed by atoms with E-state index in [2.05, 4.69) is 23.2 Å². The standard InChI is InChI=1S/C21H22N4O2/c1-3-24-19-12-16(27-2)7-8-17(19)18(13-22)20(24)14-5-4-6-15(11-14)25-10-9-23-21(25)26/h4-8,11-12,18,20H,3,9-10H2,1-2H3,(H,23,26). The van der Waals surface area contributed by atoms with Crippen LogP contribution >= 0.6 is 0 Å². The molecule has 1 saturated heterocycles. The van der Waals surface area contributed by atoms with E-state index in [1.807, 2.05) is 42.5 Å². The van der Waals surface area contributed by atoms with E-state index in [0.717, 1.165) is 34.8 Å². The summed E-state index contributed by atoms with van der Waals surface area (Å²) < 4.78 is 5.38. The van der Waals surface area contributed by atoms with Crippen molar-refractivity contribution in [1.82, 2.24) is 5.32 Å². The summed E-state index contributed by atoms with van der Waals surface area (Å²) in [6.45, 7) is 4.17. The van der Waals surface area contributed by atoms with Gasteiger partial charge in [0.05, 0.1) is 25.1 Å². The molecule has 2 aliphatic heterocycles. The zero-order valence-electron chi connectivity index (χ0n) is 15.5. The first-order valence-corrected chi connectivity index (χ1v) is 9.17. The van der Waals surface area contributed by atoms with Crippen molar-refractivity contribution in [2.24, 2.45) is 0 Å². The highest BCUT2D eigenvalue weighted by molar-refractivity contribution is 5.94. The molecule has 0 spiro atoms. The van der Waals surface area contributed by atoms with Gasteiger partial charge in [-0.15, -0.1) is 0 Å². The number of hydrogen-bond acceptors (Lipinski definition) is 4. The molecule has 2 aromatic carbocycles. The van der Waals surface area contributed by atoms with Gasteiger partial charge < -0.3 is 15.0 Å². The largest absolute Gasteiger partial charge is 0.497 e. The molecule has 0 bridgehead atoms.